The number of carboxylic acid groups (broad SMARTS) is 1. The van der Waals surface area contributed by atoms with Crippen LogP contribution in [-0.2, 0) is 9.59 Å². The molecule has 0 bridgehead atoms. The van der Waals surface area contributed by atoms with Gasteiger partial charge in [-0.3, -0.25) is 14.4 Å². The summed E-state index contributed by atoms with van der Waals surface area (Å²) in [6.07, 6.45) is 3.31. The standard InChI is InChI=1S/C21H30N2O4/c1-3-15(2)19(22-20(26)17-9-5-4-6-10-17)21(27)23-13-7-8-16(14-23)11-12-18(24)25/h4-6,9-10,15-16,19H,3,7-8,11-14H2,1-2H3,(H,22,26)(H,24,25). The van der Waals surface area contributed by atoms with Crippen LogP contribution < -0.4 is 5.32 Å². The second kappa shape index (κ2) is 10.1. The Kier molecular flexibility index (Phi) is 7.82. The van der Waals surface area contributed by atoms with Gasteiger partial charge in [-0.05, 0) is 43.2 Å². The molecule has 0 aliphatic carbocycles. The number of aliphatic carboxylic acids is 1. The van der Waals surface area contributed by atoms with Gasteiger partial charge >= 0.3 is 5.97 Å². The van der Waals surface area contributed by atoms with E-state index in [2.05, 4.69) is 5.32 Å². The van der Waals surface area contributed by atoms with Gasteiger partial charge in [-0.25, -0.2) is 0 Å². The third-order valence-corrected chi connectivity index (χ3v) is 5.40. The third-order valence-electron chi connectivity index (χ3n) is 5.40. The number of carbonyl (C=O) groups is 3. The molecule has 1 fully saturated rings. The number of rotatable bonds is 8. The monoisotopic (exact) mass is 374 g/mol. The number of carboxylic acids is 1. The molecule has 27 heavy (non-hydrogen) atoms. The highest BCUT2D eigenvalue weighted by Gasteiger charge is 2.32. The fourth-order valence-corrected chi connectivity index (χ4v) is 3.52. The second-order valence-corrected chi connectivity index (χ2v) is 7.43. The quantitative estimate of drug-likeness (QED) is 0.732. The Bertz CT molecular complexity index is 647. The van der Waals surface area contributed by atoms with Crippen LogP contribution in [0.25, 0.3) is 0 Å². The van der Waals surface area contributed by atoms with Crippen molar-refractivity contribution in [3.63, 3.8) is 0 Å². The van der Waals surface area contributed by atoms with E-state index in [4.69, 9.17) is 5.11 Å². The highest BCUT2D eigenvalue weighted by Crippen LogP contribution is 2.23. The normalized spacial score (nSPS) is 19.2. The lowest BCUT2D eigenvalue weighted by molar-refractivity contribution is -0.137. The van der Waals surface area contributed by atoms with Crippen molar-refractivity contribution in [2.24, 2.45) is 11.8 Å². The Morgan fingerprint density at radius 2 is 1.96 bits per heavy atom. The SMILES string of the molecule is CCC(C)C(NC(=O)c1ccccc1)C(=O)N1CCCC(CCC(=O)O)C1. The van der Waals surface area contributed by atoms with E-state index in [0.717, 1.165) is 19.3 Å². The molecule has 1 heterocycles. The van der Waals surface area contributed by atoms with Crippen LogP contribution in [0.2, 0.25) is 0 Å². The zero-order valence-corrected chi connectivity index (χ0v) is 16.2. The maximum atomic E-state index is 13.1. The summed E-state index contributed by atoms with van der Waals surface area (Å²) in [5, 5.41) is 11.8. The number of hydrogen-bond donors (Lipinski definition) is 2. The van der Waals surface area contributed by atoms with Crippen LogP contribution in [0, 0.1) is 11.8 Å². The van der Waals surface area contributed by atoms with E-state index < -0.39 is 12.0 Å². The van der Waals surface area contributed by atoms with E-state index in [1.54, 1.807) is 29.2 Å². The fourth-order valence-electron chi connectivity index (χ4n) is 3.52. The van der Waals surface area contributed by atoms with Crippen LogP contribution in [0.3, 0.4) is 0 Å². The molecule has 0 aromatic heterocycles. The van der Waals surface area contributed by atoms with Crippen molar-refractivity contribution in [3.8, 4) is 0 Å². The molecule has 2 amide bonds. The lowest BCUT2D eigenvalue weighted by Gasteiger charge is -2.36. The summed E-state index contributed by atoms with van der Waals surface area (Å²) in [6, 6.07) is 8.34. The number of piperidine rings is 1. The van der Waals surface area contributed by atoms with Gasteiger partial charge in [0.2, 0.25) is 5.91 Å². The Hall–Kier alpha value is -2.37. The van der Waals surface area contributed by atoms with Crippen LogP contribution >= 0.6 is 0 Å². The second-order valence-electron chi connectivity index (χ2n) is 7.43. The zero-order valence-electron chi connectivity index (χ0n) is 16.2. The molecule has 1 aromatic rings. The minimum Gasteiger partial charge on any atom is -0.481 e. The van der Waals surface area contributed by atoms with Gasteiger partial charge in [-0.15, -0.1) is 0 Å². The summed E-state index contributed by atoms with van der Waals surface area (Å²) in [5.74, 6) is -0.876. The largest absolute Gasteiger partial charge is 0.481 e. The van der Waals surface area contributed by atoms with Crippen LogP contribution in [-0.4, -0.2) is 46.9 Å². The molecule has 0 radical (unpaired) electrons. The van der Waals surface area contributed by atoms with Crippen molar-refractivity contribution in [1.29, 1.82) is 0 Å². The number of carbonyl (C=O) groups excluding carboxylic acids is 2. The molecule has 1 aliphatic heterocycles. The number of benzene rings is 1. The van der Waals surface area contributed by atoms with Crippen molar-refractivity contribution in [2.45, 2.75) is 52.0 Å². The molecule has 1 saturated heterocycles. The van der Waals surface area contributed by atoms with Gasteiger partial charge in [0.1, 0.15) is 6.04 Å². The van der Waals surface area contributed by atoms with E-state index in [1.807, 2.05) is 19.9 Å². The molecular weight excluding hydrogens is 344 g/mol. The third kappa shape index (κ3) is 6.08. The molecule has 0 saturated carbocycles. The average Bonchev–Trinajstić information content (AvgIpc) is 2.70. The van der Waals surface area contributed by atoms with Crippen LogP contribution in [0.15, 0.2) is 30.3 Å². The Labute approximate surface area is 160 Å². The molecule has 0 spiro atoms. The minimum atomic E-state index is -0.800. The molecule has 6 heteroatoms. The molecule has 3 atom stereocenters. The Balaban J connectivity index is 2.05. The summed E-state index contributed by atoms with van der Waals surface area (Å²) >= 11 is 0. The van der Waals surface area contributed by atoms with Gasteiger partial charge in [0.25, 0.3) is 5.91 Å². The van der Waals surface area contributed by atoms with E-state index in [9.17, 15) is 14.4 Å². The summed E-state index contributed by atoms with van der Waals surface area (Å²) in [7, 11) is 0. The van der Waals surface area contributed by atoms with E-state index in [0.29, 0.717) is 25.1 Å². The predicted octanol–water partition coefficient (Wildman–Crippen LogP) is 2.93. The molecule has 6 nitrogen and oxygen atoms in total. The van der Waals surface area contributed by atoms with Gasteiger partial charge in [-0.1, -0.05) is 38.5 Å². The number of nitrogens with zero attached hydrogens (tertiary/aromatic N) is 1. The summed E-state index contributed by atoms with van der Waals surface area (Å²) in [4.78, 5) is 38.3. The van der Waals surface area contributed by atoms with Crippen LogP contribution in [0.5, 0.6) is 0 Å². The lowest BCUT2D eigenvalue weighted by atomic mass is 9.91. The average molecular weight is 374 g/mol. The molecule has 3 unspecified atom stereocenters. The first kappa shape index (κ1) is 20.9. The first-order valence-corrected chi connectivity index (χ1v) is 9.78. The van der Waals surface area contributed by atoms with Crippen molar-refractivity contribution >= 4 is 17.8 Å². The number of nitrogens with one attached hydrogen (secondary N) is 1. The molecule has 1 aliphatic rings. The summed E-state index contributed by atoms with van der Waals surface area (Å²) < 4.78 is 0. The van der Waals surface area contributed by atoms with E-state index >= 15 is 0 Å². The number of hydrogen-bond acceptors (Lipinski definition) is 3. The molecular formula is C21H30N2O4. The first-order chi connectivity index (χ1) is 12.9. The van der Waals surface area contributed by atoms with Crippen LogP contribution in [0.4, 0.5) is 0 Å². The predicted molar refractivity (Wildman–Crippen MR) is 103 cm³/mol. The smallest absolute Gasteiger partial charge is 0.303 e. The molecule has 2 rings (SSSR count). The first-order valence-electron chi connectivity index (χ1n) is 9.78. The van der Waals surface area contributed by atoms with Crippen molar-refractivity contribution in [3.05, 3.63) is 35.9 Å². The zero-order chi connectivity index (χ0) is 19.8. The maximum Gasteiger partial charge on any atom is 0.303 e. The summed E-state index contributed by atoms with van der Waals surface area (Å²) in [5.41, 5.74) is 0.539. The molecule has 1 aromatic carbocycles. The summed E-state index contributed by atoms with van der Waals surface area (Å²) in [6.45, 7) is 5.21. The molecule has 148 valence electrons. The molecule has 2 N–H and O–H groups in total. The maximum absolute atomic E-state index is 13.1. The van der Waals surface area contributed by atoms with Gasteiger partial charge < -0.3 is 15.3 Å². The number of likely N-dealkylation sites (tertiary alicyclic amines) is 1. The van der Waals surface area contributed by atoms with Crippen molar-refractivity contribution in [1.82, 2.24) is 10.2 Å². The number of amides is 2. The fraction of sp³-hybridized carbons (Fsp3) is 0.571. The lowest BCUT2D eigenvalue weighted by Crippen LogP contribution is -2.53. The van der Waals surface area contributed by atoms with Gasteiger partial charge in [0, 0.05) is 25.1 Å². The highest BCUT2D eigenvalue weighted by atomic mass is 16.4. The van der Waals surface area contributed by atoms with Gasteiger partial charge in [0.05, 0.1) is 0 Å². The highest BCUT2D eigenvalue weighted by molar-refractivity contribution is 5.97. The van der Waals surface area contributed by atoms with Crippen LogP contribution in [0.1, 0.15) is 56.3 Å². The van der Waals surface area contributed by atoms with Gasteiger partial charge in [-0.2, -0.15) is 0 Å². The van der Waals surface area contributed by atoms with Crippen molar-refractivity contribution < 1.29 is 19.5 Å². The van der Waals surface area contributed by atoms with Gasteiger partial charge in [0.15, 0.2) is 0 Å². The minimum absolute atomic E-state index is 0.0181. The van der Waals surface area contributed by atoms with Crippen molar-refractivity contribution in [2.75, 3.05) is 13.1 Å². The topological polar surface area (TPSA) is 86.7 Å². The van der Waals surface area contributed by atoms with E-state index in [-0.39, 0.29) is 30.1 Å². The Morgan fingerprint density at radius 1 is 1.26 bits per heavy atom. The van der Waals surface area contributed by atoms with E-state index in [1.165, 1.54) is 0 Å². The Morgan fingerprint density at radius 3 is 2.59 bits per heavy atom.